The lowest BCUT2D eigenvalue weighted by molar-refractivity contribution is 0.0458. The Bertz CT molecular complexity index is 1730. The van der Waals surface area contributed by atoms with E-state index < -0.39 is 5.92 Å². The molecule has 0 saturated carbocycles. The third-order valence-corrected chi connectivity index (χ3v) is 7.94. The van der Waals surface area contributed by atoms with Crippen LogP contribution < -0.4 is 0 Å². The molecule has 0 spiro atoms. The van der Waals surface area contributed by atoms with Gasteiger partial charge in [-0.2, -0.15) is 8.78 Å². The van der Waals surface area contributed by atoms with Crippen LogP contribution in [0.15, 0.2) is 127 Å². The summed E-state index contributed by atoms with van der Waals surface area (Å²) in [6, 6.07) is 37.0. The third-order valence-electron chi connectivity index (χ3n) is 7.94. The molecule has 1 atom stereocenters. The Kier molecular flexibility index (Phi) is 5.78. The second-order valence-electron chi connectivity index (χ2n) is 10.5. The van der Waals surface area contributed by atoms with Gasteiger partial charge in [0.25, 0.3) is 5.92 Å². The zero-order valence-electron chi connectivity index (χ0n) is 22.0. The monoisotopic (exact) mass is 524 g/mol. The topological polar surface area (TPSA) is 25.8 Å². The summed E-state index contributed by atoms with van der Waals surface area (Å²) in [7, 11) is 0. The van der Waals surface area contributed by atoms with Crippen LogP contribution in [0.3, 0.4) is 0 Å². The van der Waals surface area contributed by atoms with E-state index in [0.29, 0.717) is 17.8 Å². The first-order chi connectivity index (χ1) is 19.5. The molecule has 0 aliphatic heterocycles. The minimum absolute atomic E-state index is 0.118. The van der Waals surface area contributed by atoms with Crippen LogP contribution in [0.25, 0.3) is 45.0 Å². The fourth-order valence-corrected chi connectivity index (χ4v) is 5.88. The Morgan fingerprint density at radius 3 is 1.88 bits per heavy atom. The first-order valence-corrected chi connectivity index (χ1v) is 13.5. The molecule has 5 aromatic rings. The van der Waals surface area contributed by atoms with E-state index in [9.17, 15) is 0 Å². The highest BCUT2D eigenvalue weighted by atomic mass is 19.3. The van der Waals surface area contributed by atoms with Gasteiger partial charge in [0.2, 0.25) is 0 Å². The molecule has 0 fully saturated rings. The molecular weight excluding hydrogens is 498 g/mol. The van der Waals surface area contributed by atoms with Crippen LogP contribution in [0.5, 0.6) is 0 Å². The van der Waals surface area contributed by atoms with Gasteiger partial charge in [0, 0.05) is 27.8 Å². The van der Waals surface area contributed by atoms with Gasteiger partial charge in [0.1, 0.15) is 0 Å². The van der Waals surface area contributed by atoms with E-state index in [1.54, 1.807) is 18.2 Å². The van der Waals surface area contributed by atoms with Gasteiger partial charge in [-0.1, -0.05) is 116 Å². The van der Waals surface area contributed by atoms with Crippen molar-refractivity contribution in [3.63, 3.8) is 0 Å². The summed E-state index contributed by atoms with van der Waals surface area (Å²) in [5, 5.41) is 0. The van der Waals surface area contributed by atoms with E-state index in [0.717, 1.165) is 44.8 Å². The number of alkyl halides is 2. The highest BCUT2D eigenvalue weighted by Gasteiger charge is 2.47. The summed E-state index contributed by atoms with van der Waals surface area (Å²) in [5.41, 5.74) is 8.18. The average Bonchev–Trinajstić information content (AvgIpc) is 3.23. The Morgan fingerprint density at radius 1 is 0.650 bits per heavy atom. The van der Waals surface area contributed by atoms with Crippen molar-refractivity contribution in [2.24, 2.45) is 5.92 Å². The maximum absolute atomic E-state index is 15.4. The fraction of sp³-hybridized carbons (Fsp3) is 0.111. The first-order valence-electron chi connectivity index (χ1n) is 13.5. The van der Waals surface area contributed by atoms with Gasteiger partial charge in [0.15, 0.2) is 5.82 Å². The van der Waals surface area contributed by atoms with Crippen LogP contribution in [0.4, 0.5) is 8.78 Å². The van der Waals surface area contributed by atoms with Gasteiger partial charge in [0.05, 0.1) is 11.4 Å². The molecule has 2 aliphatic rings. The molecule has 4 aromatic carbocycles. The molecule has 1 heterocycles. The van der Waals surface area contributed by atoms with Gasteiger partial charge in [-0.25, -0.2) is 9.97 Å². The lowest BCUT2D eigenvalue weighted by Gasteiger charge is -2.25. The number of fused-ring (bicyclic) bond motifs is 2. The van der Waals surface area contributed by atoms with Crippen molar-refractivity contribution < 1.29 is 8.78 Å². The summed E-state index contributed by atoms with van der Waals surface area (Å²) in [4.78, 5) is 9.78. The third kappa shape index (κ3) is 4.08. The number of allylic oxidation sites excluding steroid dienone is 4. The lowest BCUT2D eigenvalue weighted by atomic mass is 9.81. The predicted molar refractivity (Wildman–Crippen MR) is 157 cm³/mol. The molecule has 194 valence electrons. The average molecular weight is 525 g/mol. The van der Waals surface area contributed by atoms with Crippen LogP contribution in [0.1, 0.15) is 30.0 Å². The number of aromatic nitrogens is 2. The Labute approximate surface area is 232 Å². The molecule has 2 aliphatic carbocycles. The molecule has 0 radical (unpaired) electrons. The van der Waals surface area contributed by atoms with Gasteiger partial charge in [-0.05, 0) is 46.8 Å². The molecule has 7 rings (SSSR count). The molecule has 0 N–H and O–H groups in total. The van der Waals surface area contributed by atoms with E-state index in [-0.39, 0.29) is 17.1 Å². The minimum Gasteiger partial charge on any atom is -0.228 e. The quantitative estimate of drug-likeness (QED) is 0.234. The maximum atomic E-state index is 15.4. The van der Waals surface area contributed by atoms with E-state index in [2.05, 4.69) is 6.92 Å². The molecule has 4 heteroatoms. The van der Waals surface area contributed by atoms with E-state index >= 15 is 8.78 Å². The zero-order chi connectivity index (χ0) is 27.3. The van der Waals surface area contributed by atoms with E-state index in [1.807, 2.05) is 103 Å². The normalized spacial score (nSPS) is 17.3. The number of hydrogen-bond donors (Lipinski definition) is 0. The van der Waals surface area contributed by atoms with Gasteiger partial charge >= 0.3 is 0 Å². The van der Waals surface area contributed by atoms with Crippen molar-refractivity contribution in [2.45, 2.75) is 19.3 Å². The molecule has 2 nitrogen and oxygen atoms in total. The minimum atomic E-state index is -2.97. The predicted octanol–water partition coefficient (Wildman–Crippen LogP) is 9.46. The molecule has 0 bridgehead atoms. The van der Waals surface area contributed by atoms with Crippen molar-refractivity contribution >= 4 is 11.1 Å². The van der Waals surface area contributed by atoms with Gasteiger partial charge in [-0.3, -0.25) is 0 Å². The lowest BCUT2D eigenvalue weighted by Crippen LogP contribution is -2.15. The molecule has 40 heavy (non-hydrogen) atoms. The molecular formula is C36H26F2N2. The van der Waals surface area contributed by atoms with Crippen molar-refractivity contribution in [2.75, 3.05) is 0 Å². The van der Waals surface area contributed by atoms with Gasteiger partial charge < -0.3 is 0 Å². The molecule has 0 saturated heterocycles. The van der Waals surface area contributed by atoms with Crippen LogP contribution in [-0.4, -0.2) is 9.97 Å². The molecule has 1 unspecified atom stereocenters. The second kappa shape index (κ2) is 9.49. The highest BCUT2D eigenvalue weighted by molar-refractivity contribution is 5.88. The number of hydrogen-bond acceptors (Lipinski definition) is 2. The zero-order valence-corrected chi connectivity index (χ0v) is 22.0. The summed E-state index contributed by atoms with van der Waals surface area (Å²) >= 11 is 0. The number of halogens is 2. The SMILES string of the molecule is CC1CC2=C(C=C1c1ccc(-c3cc(-c4ccccc4)nc(-c4ccccc4)n3)cc1)C(F)(F)c1ccccc12. The van der Waals surface area contributed by atoms with Gasteiger partial charge in [-0.15, -0.1) is 0 Å². The number of nitrogens with zero attached hydrogens (tertiary/aromatic N) is 2. The largest absolute Gasteiger partial charge is 0.299 e. The van der Waals surface area contributed by atoms with E-state index in [1.165, 1.54) is 0 Å². The van der Waals surface area contributed by atoms with E-state index in [4.69, 9.17) is 9.97 Å². The summed E-state index contributed by atoms with van der Waals surface area (Å²) in [6.45, 7) is 2.12. The standard InChI is InChI=1S/C36H26F2N2/c1-23-20-30-28-14-8-9-15-31(28)36(37,38)32(30)21-29(23)24-16-18-26(19-17-24)34-22-33(25-10-4-2-5-11-25)39-35(40-34)27-12-6-3-7-13-27/h2-19,21-23H,20H2,1H3. The molecule has 1 aromatic heterocycles. The van der Waals surface area contributed by atoms with Crippen LogP contribution in [0, 0.1) is 5.92 Å². The maximum Gasteiger partial charge on any atom is 0.299 e. The fourth-order valence-electron chi connectivity index (χ4n) is 5.88. The summed E-state index contributed by atoms with van der Waals surface area (Å²) in [6.07, 6.45) is 2.33. The Morgan fingerprint density at radius 2 is 1.20 bits per heavy atom. The van der Waals surface area contributed by atoms with Crippen LogP contribution in [0.2, 0.25) is 0 Å². The van der Waals surface area contributed by atoms with Crippen molar-refractivity contribution in [1.29, 1.82) is 0 Å². The van der Waals surface area contributed by atoms with Crippen LogP contribution in [-0.2, 0) is 5.92 Å². The Balaban J connectivity index is 1.27. The van der Waals surface area contributed by atoms with Crippen LogP contribution >= 0.6 is 0 Å². The first kappa shape index (κ1) is 24.3. The van der Waals surface area contributed by atoms with Crippen molar-refractivity contribution in [3.8, 4) is 33.9 Å². The highest BCUT2D eigenvalue weighted by Crippen LogP contribution is 2.55. The Hall–Kier alpha value is -4.70. The summed E-state index contributed by atoms with van der Waals surface area (Å²) < 4.78 is 30.8. The number of rotatable bonds is 4. The summed E-state index contributed by atoms with van der Waals surface area (Å²) in [5.74, 6) is -2.19. The van der Waals surface area contributed by atoms with Crippen molar-refractivity contribution in [3.05, 3.63) is 144 Å². The smallest absolute Gasteiger partial charge is 0.228 e. The molecule has 0 amide bonds. The number of benzene rings is 4. The second-order valence-corrected chi connectivity index (χ2v) is 10.5. The van der Waals surface area contributed by atoms with Crippen molar-refractivity contribution in [1.82, 2.24) is 9.97 Å².